The minimum atomic E-state index is 0.191. The molecule has 8 heteroatoms. The van der Waals surface area contributed by atoms with Gasteiger partial charge in [-0.2, -0.15) is 20.1 Å². The third-order valence-corrected chi connectivity index (χ3v) is 2.73. The number of anilines is 1. The van der Waals surface area contributed by atoms with Crippen molar-refractivity contribution in [3.63, 3.8) is 0 Å². The van der Waals surface area contributed by atoms with E-state index in [1.54, 1.807) is 4.68 Å². The molecule has 94 valence electrons. The van der Waals surface area contributed by atoms with Gasteiger partial charge in [-0.25, -0.2) is 10.5 Å². The summed E-state index contributed by atoms with van der Waals surface area (Å²) < 4.78 is 6.58. The normalized spacial score (nSPS) is 14.6. The number of aromatic nitrogens is 5. The number of hydrogen-bond donors (Lipinski definition) is 2. The first-order valence-corrected chi connectivity index (χ1v) is 5.63. The monoisotopic (exact) mass is 247 g/mol. The second kappa shape index (κ2) is 4.22. The highest BCUT2D eigenvalue weighted by molar-refractivity contribution is 5.29. The van der Waals surface area contributed by atoms with Gasteiger partial charge in [0.15, 0.2) is 0 Å². The Bertz CT molecular complexity index is 541. The van der Waals surface area contributed by atoms with Crippen LogP contribution in [0.3, 0.4) is 0 Å². The summed E-state index contributed by atoms with van der Waals surface area (Å²) in [5, 5.41) is 4.43. The van der Waals surface area contributed by atoms with Crippen LogP contribution in [0, 0.1) is 0 Å². The van der Waals surface area contributed by atoms with Gasteiger partial charge < -0.3 is 4.74 Å². The van der Waals surface area contributed by atoms with Crippen LogP contribution in [-0.4, -0.2) is 31.8 Å². The summed E-state index contributed by atoms with van der Waals surface area (Å²) in [5.74, 6) is 6.49. The SMILES string of the molecule is COc1nc(NN)nc(-n2ccc(C3CC3)n2)n1. The Kier molecular flexibility index (Phi) is 2.56. The van der Waals surface area contributed by atoms with Gasteiger partial charge in [0.2, 0.25) is 5.95 Å². The van der Waals surface area contributed by atoms with Crippen molar-refractivity contribution in [2.75, 3.05) is 12.5 Å². The zero-order valence-corrected chi connectivity index (χ0v) is 9.87. The van der Waals surface area contributed by atoms with Gasteiger partial charge in [-0.3, -0.25) is 5.43 Å². The van der Waals surface area contributed by atoms with E-state index >= 15 is 0 Å². The molecule has 2 heterocycles. The molecule has 1 aliphatic carbocycles. The number of nitrogen functional groups attached to an aromatic ring is 1. The molecule has 0 amide bonds. The van der Waals surface area contributed by atoms with Gasteiger partial charge in [-0.05, 0) is 18.9 Å². The molecular weight excluding hydrogens is 234 g/mol. The highest BCUT2D eigenvalue weighted by atomic mass is 16.5. The van der Waals surface area contributed by atoms with Gasteiger partial charge in [-0.1, -0.05) is 0 Å². The number of nitrogens with two attached hydrogens (primary N) is 1. The molecule has 3 N–H and O–H groups in total. The van der Waals surface area contributed by atoms with Crippen LogP contribution in [0.5, 0.6) is 6.01 Å². The Morgan fingerprint density at radius 1 is 1.39 bits per heavy atom. The van der Waals surface area contributed by atoms with Crippen LogP contribution in [-0.2, 0) is 0 Å². The molecule has 1 saturated carbocycles. The van der Waals surface area contributed by atoms with E-state index in [4.69, 9.17) is 10.6 Å². The largest absolute Gasteiger partial charge is 0.467 e. The molecule has 1 fully saturated rings. The first-order chi connectivity index (χ1) is 8.80. The van der Waals surface area contributed by atoms with Gasteiger partial charge in [0, 0.05) is 12.1 Å². The lowest BCUT2D eigenvalue weighted by Crippen LogP contribution is -2.14. The van der Waals surface area contributed by atoms with E-state index in [1.807, 2.05) is 12.3 Å². The van der Waals surface area contributed by atoms with E-state index in [0.717, 1.165) is 5.69 Å². The number of hydrogen-bond acceptors (Lipinski definition) is 7. The van der Waals surface area contributed by atoms with Crippen molar-refractivity contribution in [1.82, 2.24) is 24.7 Å². The molecule has 0 aromatic carbocycles. The third-order valence-electron chi connectivity index (χ3n) is 2.73. The molecule has 8 nitrogen and oxygen atoms in total. The molecule has 18 heavy (non-hydrogen) atoms. The maximum Gasteiger partial charge on any atom is 0.322 e. The summed E-state index contributed by atoms with van der Waals surface area (Å²) in [7, 11) is 1.48. The summed E-state index contributed by atoms with van der Waals surface area (Å²) >= 11 is 0. The molecule has 0 spiro atoms. The topological polar surface area (TPSA) is 104 Å². The predicted molar refractivity (Wildman–Crippen MR) is 63.3 cm³/mol. The fourth-order valence-corrected chi connectivity index (χ4v) is 1.65. The van der Waals surface area contributed by atoms with Crippen LogP contribution in [0.1, 0.15) is 24.5 Å². The quantitative estimate of drug-likeness (QED) is 0.588. The molecule has 0 bridgehead atoms. The third kappa shape index (κ3) is 1.97. The van der Waals surface area contributed by atoms with Crippen molar-refractivity contribution >= 4 is 5.95 Å². The Morgan fingerprint density at radius 3 is 2.89 bits per heavy atom. The minimum Gasteiger partial charge on any atom is -0.467 e. The van der Waals surface area contributed by atoms with E-state index in [0.29, 0.717) is 11.9 Å². The van der Waals surface area contributed by atoms with Crippen LogP contribution in [0.15, 0.2) is 12.3 Å². The molecule has 0 unspecified atom stereocenters. The first-order valence-electron chi connectivity index (χ1n) is 5.63. The van der Waals surface area contributed by atoms with Crippen LogP contribution in [0.2, 0.25) is 0 Å². The smallest absolute Gasteiger partial charge is 0.322 e. The average molecular weight is 247 g/mol. The van der Waals surface area contributed by atoms with Crippen LogP contribution in [0.4, 0.5) is 5.95 Å². The molecule has 3 rings (SSSR count). The molecule has 0 aliphatic heterocycles. The van der Waals surface area contributed by atoms with Crippen molar-refractivity contribution in [3.05, 3.63) is 18.0 Å². The summed E-state index contributed by atoms with van der Waals surface area (Å²) in [5.41, 5.74) is 3.44. The van der Waals surface area contributed by atoms with Gasteiger partial charge in [-0.15, -0.1) is 0 Å². The van der Waals surface area contributed by atoms with Crippen LogP contribution >= 0.6 is 0 Å². The minimum absolute atomic E-state index is 0.191. The number of hydrazine groups is 1. The Hall–Kier alpha value is -2.22. The molecule has 0 atom stereocenters. The van der Waals surface area contributed by atoms with Gasteiger partial charge in [0.05, 0.1) is 12.8 Å². The molecule has 1 aliphatic rings. The molecule has 2 aromatic heterocycles. The van der Waals surface area contributed by atoms with Crippen molar-refractivity contribution in [2.45, 2.75) is 18.8 Å². The zero-order chi connectivity index (χ0) is 12.5. The maximum atomic E-state index is 5.30. The standard InChI is InChI=1S/C10H13N7O/c1-18-10-13-8(15-11)12-9(14-10)17-5-4-7(16-17)6-2-3-6/h4-6H,2-3,11H2,1H3,(H,12,13,14,15). The fourth-order valence-electron chi connectivity index (χ4n) is 1.65. The maximum absolute atomic E-state index is 5.30. The van der Waals surface area contributed by atoms with E-state index < -0.39 is 0 Å². The highest BCUT2D eigenvalue weighted by Crippen LogP contribution is 2.38. The lowest BCUT2D eigenvalue weighted by atomic mass is 10.3. The van der Waals surface area contributed by atoms with E-state index in [1.165, 1.54) is 20.0 Å². The number of nitrogens with one attached hydrogen (secondary N) is 1. The lowest BCUT2D eigenvalue weighted by Gasteiger charge is -2.04. The van der Waals surface area contributed by atoms with Crippen molar-refractivity contribution in [1.29, 1.82) is 0 Å². The van der Waals surface area contributed by atoms with Crippen molar-refractivity contribution in [2.24, 2.45) is 5.84 Å². The van der Waals surface area contributed by atoms with Gasteiger partial charge >= 0.3 is 6.01 Å². The van der Waals surface area contributed by atoms with Crippen molar-refractivity contribution in [3.8, 4) is 12.0 Å². The predicted octanol–water partition coefficient (Wildman–Crippen LogP) is 0.229. The summed E-state index contributed by atoms with van der Waals surface area (Å²) in [6, 6.07) is 2.17. The van der Waals surface area contributed by atoms with E-state index in [9.17, 15) is 0 Å². The molecule has 0 radical (unpaired) electrons. The lowest BCUT2D eigenvalue weighted by molar-refractivity contribution is 0.377. The van der Waals surface area contributed by atoms with Gasteiger partial charge in [0.1, 0.15) is 0 Å². The fraction of sp³-hybridized carbons (Fsp3) is 0.400. The average Bonchev–Trinajstić information content (AvgIpc) is 3.15. The second-order valence-electron chi connectivity index (χ2n) is 4.05. The summed E-state index contributed by atoms with van der Waals surface area (Å²) in [6.07, 6.45) is 4.23. The van der Waals surface area contributed by atoms with Crippen molar-refractivity contribution < 1.29 is 4.74 Å². The Balaban J connectivity index is 1.97. The number of methoxy groups -OCH3 is 1. The van der Waals surface area contributed by atoms with E-state index in [2.05, 4.69) is 25.5 Å². The Labute approximate surface area is 103 Å². The van der Waals surface area contributed by atoms with Gasteiger partial charge in [0.25, 0.3) is 5.95 Å². The summed E-state index contributed by atoms with van der Waals surface area (Å²) in [6.45, 7) is 0. The highest BCUT2D eigenvalue weighted by Gasteiger charge is 2.26. The van der Waals surface area contributed by atoms with E-state index in [-0.39, 0.29) is 12.0 Å². The Morgan fingerprint density at radius 2 is 2.22 bits per heavy atom. The molecule has 2 aromatic rings. The number of ether oxygens (including phenoxy) is 1. The zero-order valence-electron chi connectivity index (χ0n) is 9.87. The number of nitrogens with zero attached hydrogens (tertiary/aromatic N) is 5. The number of rotatable bonds is 4. The first kappa shape index (κ1) is 10.9. The molecule has 0 saturated heterocycles. The summed E-state index contributed by atoms with van der Waals surface area (Å²) in [4.78, 5) is 12.2. The molecular formula is C10H13N7O. The van der Waals surface area contributed by atoms with Crippen LogP contribution < -0.4 is 16.0 Å². The van der Waals surface area contributed by atoms with Crippen LogP contribution in [0.25, 0.3) is 5.95 Å². The second-order valence-corrected chi connectivity index (χ2v) is 4.05.